The highest BCUT2D eigenvalue weighted by Gasteiger charge is 2.07. The second kappa shape index (κ2) is 7.79. The van der Waals surface area contributed by atoms with Crippen molar-refractivity contribution in [2.24, 2.45) is 0 Å². The van der Waals surface area contributed by atoms with E-state index in [1.165, 1.54) is 6.08 Å². The summed E-state index contributed by atoms with van der Waals surface area (Å²) in [7, 11) is 0. The number of rotatable bonds is 4. The third-order valence-electron chi connectivity index (χ3n) is 3.30. The van der Waals surface area contributed by atoms with Crippen molar-refractivity contribution in [3.63, 3.8) is 0 Å². The lowest BCUT2D eigenvalue weighted by Crippen LogP contribution is -2.07. The Morgan fingerprint density at radius 3 is 2.40 bits per heavy atom. The van der Waals surface area contributed by atoms with Crippen LogP contribution in [0.1, 0.15) is 5.76 Å². The maximum absolute atomic E-state index is 12.0. The molecule has 0 aliphatic heterocycles. The molecule has 0 aliphatic carbocycles. The third kappa shape index (κ3) is 4.67. The van der Waals surface area contributed by atoms with E-state index in [1.54, 1.807) is 60.7 Å². The van der Waals surface area contributed by atoms with Gasteiger partial charge in [-0.3, -0.25) is 4.79 Å². The molecule has 0 spiro atoms. The van der Waals surface area contributed by atoms with Crippen LogP contribution in [0.2, 0.25) is 15.1 Å². The average Bonchev–Trinajstić information content (AvgIpc) is 3.03. The number of hydrogen-bond donors (Lipinski definition) is 1. The molecular formula is C19H12Cl3NO2. The van der Waals surface area contributed by atoms with Gasteiger partial charge in [0, 0.05) is 21.7 Å². The average molecular weight is 393 g/mol. The molecule has 0 radical (unpaired) electrons. The number of nitrogens with one attached hydrogen (secondary N) is 1. The van der Waals surface area contributed by atoms with Crippen LogP contribution in [-0.4, -0.2) is 5.91 Å². The number of anilines is 1. The Morgan fingerprint density at radius 1 is 0.960 bits per heavy atom. The Hall–Kier alpha value is -2.20. The molecule has 1 aromatic heterocycles. The van der Waals surface area contributed by atoms with Crippen molar-refractivity contribution in [2.45, 2.75) is 0 Å². The van der Waals surface area contributed by atoms with Crippen LogP contribution in [0.15, 0.2) is 65.1 Å². The van der Waals surface area contributed by atoms with Crippen LogP contribution in [-0.2, 0) is 4.79 Å². The van der Waals surface area contributed by atoms with E-state index in [1.807, 2.05) is 0 Å². The molecule has 0 aliphatic rings. The number of benzene rings is 2. The lowest BCUT2D eigenvalue weighted by atomic mass is 10.2. The Balaban J connectivity index is 1.71. The highest BCUT2D eigenvalue weighted by atomic mass is 35.5. The summed E-state index contributed by atoms with van der Waals surface area (Å²) in [5.74, 6) is 0.827. The molecule has 3 aromatic rings. The first kappa shape index (κ1) is 17.6. The van der Waals surface area contributed by atoms with Crippen molar-refractivity contribution in [1.82, 2.24) is 0 Å². The number of carbonyl (C=O) groups excluding carboxylic acids is 1. The maximum atomic E-state index is 12.0. The smallest absolute Gasteiger partial charge is 0.248 e. The molecule has 2 aromatic carbocycles. The van der Waals surface area contributed by atoms with Crippen LogP contribution in [0, 0.1) is 0 Å². The zero-order valence-electron chi connectivity index (χ0n) is 12.8. The van der Waals surface area contributed by atoms with Crippen molar-refractivity contribution in [1.29, 1.82) is 0 Å². The van der Waals surface area contributed by atoms with Crippen LogP contribution in [0.3, 0.4) is 0 Å². The lowest BCUT2D eigenvalue weighted by Gasteiger charge is -2.03. The first-order valence-corrected chi connectivity index (χ1v) is 8.44. The van der Waals surface area contributed by atoms with Crippen LogP contribution in [0.25, 0.3) is 17.4 Å². The maximum Gasteiger partial charge on any atom is 0.248 e. The van der Waals surface area contributed by atoms with Crippen molar-refractivity contribution < 1.29 is 9.21 Å². The Morgan fingerprint density at radius 2 is 1.68 bits per heavy atom. The van der Waals surface area contributed by atoms with Crippen LogP contribution >= 0.6 is 34.8 Å². The highest BCUT2D eigenvalue weighted by Crippen LogP contribution is 2.29. The highest BCUT2D eigenvalue weighted by molar-refractivity contribution is 6.35. The van der Waals surface area contributed by atoms with E-state index in [0.29, 0.717) is 32.3 Å². The first-order chi connectivity index (χ1) is 12.0. The molecule has 6 heteroatoms. The molecule has 1 amide bonds. The van der Waals surface area contributed by atoms with E-state index in [9.17, 15) is 4.79 Å². The molecule has 25 heavy (non-hydrogen) atoms. The molecule has 0 saturated heterocycles. The molecule has 0 atom stereocenters. The van der Waals surface area contributed by atoms with E-state index < -0.39 is 0 Å². The van der Waals surface area contributed by atoms with E-state index in [4.69, 9.17) is 39.2 Å². The van der Waals surface area contributed by atoms with E-state index >= 15 is 0 Å². The van der Waals surface area contributed by atoms with Crippen molar-refractivity contribution in [2.75, 3.05) is 5.32 Å². The van der Waals surface area contributed by atoms with Gasteiger partial charge in [-0.05, 0) is 48.5 Å². The minimum atomic E-state index is -0.308. The van der Waals surface area contributed by atoms with Crippen LogP contribution in [0.5, 0.6) is 0 Å². The van der Waals surface area contributed by atoms with Crippen molar-refractivity contribution in [3.8, 4) is 11.3 Å². The quantitative estimate of drug-likeness (QED) is 0.511. The zero-order chi connectivity index (χ0) is 17.8. The van der Waals surface area contributed by atoms with Gasteiger partial charge < -0.3 is 9.73 Å². The number of para-hydroxylation sites is 1. The van der Waals surface area contributed by atoms with Gasteiger partial charge in [-0.1, -0.05) is 46.9 Å². The predicted molar refractivity (Wildman–Crippen MR) is 103 cm³/mol. The summed E-state index contributed by atoms with van der Waals surface area (Å²) >= 11 is 18.0. The summed E-state index contributed by atoms with van der Waals surface area (Å²) in [5, 5.41) is 4.22. The SMILES string of the molecule is O=C(/C=C/c1ccc(-c2cc(Cl)cc(Cl)c2)o1)Nc1ccccc1Cl. The van der Waals surface area contributed by atoms with Crippen molar-refractivity contribution >= 4 is 52.5 Å². The molecule has 0 saturated carbocycles. The summed E-state index contributed by atoms with van der Waals surface area (Å²) in [4.78, 5) is 12.0. The van der Waals surface area contributed by atoms with Gasteiger partial charge in [-0.2, -0.15) is 0 Å². The summed E-state index contributed by atoms with van der Waals surface area (Å²) in [6, 6.07) is 15.7. The molecule has 3 rings (SSSR count). The van der Waals surface area contributed by atoms with Gasteiger partial charge in [-0.15, -0.1) is 0 Å². The fourth-order valence-corrected chi connectivity index (χ4v) is 2.90. The molecule has 1 N–H and O–H groups in total. The second-order valence-corrected chi connectivity index (χ2v) is 6.44. The number of furan rings is 1. The molecule has 3 nitrogen and oxygen atoms in total. The molecular weight excluding hydrogens is 381 g/mol. The Bertz CT molecular complexity index is 927. The summed E-state index contributed by atoms with van der Waals surface area (Å²) in [6.07, 6.45) is 2.94. The van der Waals surface area contributed by atoms with Gasteiger partial charge in [-0.25, -0.2) is 0 Å². The Labute approximate surface area is 159 Å². The largest absolute Gasteiger partial charge is 0.457 e. The lowest BCUT2D eigenvalue weighted by molar-refractivity contribution is -0.111. The number of carbonyl (C=O) groups is 1. The van der Waals surface area contributed by atoms with Crippen molar-refractivity contribution in [3.05, 3.63) is 81.5 Å². The standard InChI is InChI=1S/C19H12Cl3NO2/c20-13-9-12(10-14(21)11-13)18-7-5-15(25-18)6-8-19(24)23-17-4-2-1-3-16(17)22/h1-11H,(H,23,24)/b8-6+. The van der Waals surface area contributed by atoms with Crippen LogP contribution < -0.4 is 5.32 Å². The molecule has 0 unspecified atom stereocenters. The normalized spacial score (nSPS) is 11.0. The van der Waals surface area contributed by atoms with E-state index in [0.717, 1.165) is 5.56 Å². The summed E-state index contributed by atoms with van der Waals surface area (Å²) in [5.41, 5.74) is 1.31. The Kier molecular flexibility index (Phi) is 5.49. The number of amides is 1. The third-order valence-corrected chi connectivity index (χ3v) is 4.07. The van der Waals surface area contributed by atoms with E-state index in [2.05, 4.69) is 5.32 Å². The van der Waals surface area contributed by atoms with Gasteiger partial charge in [0.05, 0.1) is 10.7 Å². The topological polar surface area (TPSA) is 42.2 Å². The first-order valence-electron chi connectivity index (χ1n) is 7.31. The summed E-state index contributed by atoms with van der Waals surface area (Å²) < 4.78 is 5.69. The van der Waals surface area contributed by atoms with Gasteiger partial charge in [0.25, 0.3) is 0 Å². The molecule has 1 heterocycles. The minimum absolute atomic E-state index is 0.308. The number of hydrogen-bond acceptors (Lipinski definition) is 2. The monoisotopic (exact) mass is 391 g/mol. The fraction of sp³-hybridized carbons (Fsp3) is 0. The van der Waals surface area contributed by atoms with Gasteiger partial charge in [0.1, 0.15) is 11.5 Å². The molecule has 0 bridgehead atoms. The minimum Gasteiger partial charge on any atom is -0.457 e. The van der Waals surface area contributed by atoms with Gasteiger partial charge >= 0.3 is 0 Å². The molecule has 0 fully saturated rings. The number of halogens is 3. The van der Waals surface area contributed by atoms with Gasteiger partial charge in [0.15, 0.2) is 0 Å². The zero-order valence-corrected chi connectivity index (χ0v) is 15.1. The fourth-order valence-electron chi connectivity index (χ4n) is 2.19. The predicted octanol–water partition coefficient (Wildman–Crippen LogP) is 6.56. The van der Waals surface area contributed by atoms with Gasteiger partial charge in [0.2, 0.25) is 5.91 Å². The summed E-state index contributed by atoms with van der Waals surface area (Å²) in [6.45, 7) is 0. The van der Waals surface area contributed by atoms with Crippen LogP contribution in [0.4, 0.5) is 5.69 Å². The second-order valence-electron chi connectivity index (χ2n) is 5.16. The molecule has 126 valence electrons. The van der Waals surface area contributed by atoms with E-state index in [-0.39, 0.29) is 5.91 Å².